The maximum Gasteiger partial charge on any atom is 0.340 e. The quantitative estimate of drug-likeness (QED) is 0.564. The molecule has 0 bridgehead atoms. The van der Waals surface area contributed by atoms with Crippen LogP contribution in [0.25, 0.3) is 0 Å². The van der Waals surface area contributed by atoms with Crippen LogP contribution in [0.4, 0.5) is 5.69 Å². The normalized spacial score (nSPS) is 9.21. The molecular weight excluding hydrogens is 204 g/mol. The van der Waals surface area contributed by atoms with Crippen LogP contribution >= 0.6 is 11.6 Å². The van der Waals surface area contributed by atoms with Crippen molar-refractivity contribution in [3.05, 3.63) is 28.3 Å². The van der Waals surface area contributed by atoms with Crippen molar-refractivity contribution in [3.63, 3.8) is 0 Å². The van der Waals surface area contributed by atoms with E-state index in [4.69, 9.17) is 22.6 Å². The minimum Gasteiger partial charge on any atom is -0.465 e. The van der Waals surface area contributed by atoms with Crippen LogP contribution in [0.2, 0.25) is 5.02 Å². The highest BCUT2D eigenvalue weighted by Crippen LogP contribution is 2.24. The Balaban J connectivity index is 3.42. The minimum absolute atomic E-state index is 0.0471. The average molecular weight is 211 g/mol. The van der Waals surface area contributed by atoms with Gasteiger partial charge in [0.25, 0.3) is 0 Å². The number of ether oxygens (including phenoxy) is 1. The third kappa shape index (κ3) is 1.78. The summed E-state index contributed by atoms with van der Waals surface area (Å²) in [4.78, 5) is 11.2. The Bertz CT molecular complexity index is 424. The molecular formula is C9H7ClN2O2. The zero-order valence-corrected chi connectivity index (χ0v) is 8.13. The van der Waals surface area contributed by atoms with E-state index < -0.39 is 5.97 Å². The largest absolute Gasteiger partial charge is 0.465 e. The average Bonchev–Trinajstić information content (AvgIpc) is 2.15. The van der Waals surface area contributed by atoms with E-state index in [1.165, 1.54) is 19.2 Å². The Morgan fingerprint density at radius 1 is 1.64 bits per heavy atom. The molecule has 4 nitrogen and oxygen atoms in total. The smallest absolute Gasteiger partial charge is 0.340 e. The highest BCUT2D eigenvalue weighted by atomic mass is 35.5. The molecule has 0 aromatic heterocycles. The molecule has 0 fully saturated rings. The molecule has 14 heavy (non-hydrogen) atoms. The molecule has 0 saturated heterocycles. The summed E-state index contributed by atoms with van der Waals surface area (Å²) in [5.41, 5.74) is 5.95. The van der Waals surface area contributed by atoms with Crippen molar-refractivity contribution in [1.82, 2.24) is 0 Å². The van der Waals surface area contributed by atoms with E-state index in [1.807, 2.05) is 6.07 Å². The lowest BCUT2D eigenvalue weighted by Crippen LogP contribution is -2.06. The Kier molecular flexibility index (Phi) is 2.95. The van der Waals surface area contributed by atoms with Crippen molar-refractivity contribution < 1.29 is 9.53 Å². The van der Waals surface area contributed by atoms with Gasteiger partial charge in [-0.05, 0) is 12.1 Å². The minimum atomic E-state index is -0.647. The van der Waals surface area contributed by atoms with E-state index in [0.717, 1.165) is 0 Å². The van der Waals surface area contributed by atoms with Crippen LogP contribution in [0.15, 0.2) is 12.1 Å². The van der Waals surface area contributed by atoms with Crippen molar-refractivity contribution in [2.45, 2.75) is 0 Å². The molecule has 1 rings (SSSR count). The number of esters is 1. The molecule has 0 unspecified atom stereocenters. The summed E-state index contributed by atoms with van der Waals surface area (Å²) in [6, 6.07) is 4.60. The molecule has 0 aliphatic heterocycles. The number of methoxy groups -OCH3 is 1. The topological polar surface area (TPSA) is 76.1 Å². The number of nitrogen functional groups attached to an aromatic ring is 1. The second-order valence-corrected chi connectivity index (χ2v) is 2.94. The summed E-state index contributed by atoms with van der Waals surface area (Å²) < 4.78 is 4.48. The molecule has 0 radical (unpaired) electrons. The fraction of sp³-hybridized carbons (Fsp3) is 0.111. The zero-order valence-electron chi connectivity index (χ0n) is 7.37. The molecule has 0 amide bonds. The summed E-state index contributed by atoms with van der Waals surface area (Å²) in [5.74, 6) is -0.647. The van der Waals surface area contributed by atoms with Crippen LogP contribution in [0.1, 0.15) is 15.9 Å². The van der Waals surface area contributed by atoms with Crippen molar-refractivity contribution in [3.8, 4) is 6.07 Å². The van der Waals surface area contributed by atoms with Crippen molar-refractivity contribution in [2.75, 3.05) is 12.8 Å². The summed E-state index contributed by atoms with van der Waals surface area (Å²) in [7, 11) is 1.22. The number of carbonyl (C=O) groups is 1. The lowest BCUT2D eigenvalue weighted by atomic mass is 10.1. The number of benzene rings is 1. The summed E-state index contributed by atoms with van der Waals surface area (Å²) in [5, 5.41) is 8.86. The van der Waals surface area contributed by atoms with Gasteiger partial charge >= 0.3 is 5.97 Å². The Morgan fingerprint density at radius 3 is 2.79 bits per heavy atom. The first kappa shape index (κ1) is 10.4. The number of hydrogen-bond acceptors (Lipinski definition) is 4. The molecule has 1 aromatic rings. The fourth-order valence-corrected chi connectivity index (χ4v) is 1.33. The highest BCUT2D eigenvalue weighted by Gasteiger charge is 2.16. The van der Waals surface area contributed by atoms with Gasteiger partial charge in [-0.25, -0.2) is 4.79 Å². The number of nitrogens with two attached hydrogens (primary N) is 1. The van der Waals surface area contributed by atoms with Crippen LogP contribution in [0.5, 0.6) is 0 Å². The van der Waals surface area contributed by atoms with E-state index in [9.17, 15) is 4.79 Å². The molecule has 0 atom stereocenters. The van der Waals surface area contributed by atoms with Crippen LogP contribution in [-0.2, 0) is 4.74 Å². The Hall–Kier alpha value is -1.73. The molecule has 0 heterocycles. The maximum absolute atomic E-state index is 11.2. The monoisotopic (exact) mass is 210 g/mol. The maximum atomic E-state index is 11.2. The number of hydrogen-bond donors (Lipinski definition) is 1. The first-order valence-electron chi connectivity index (χ1n) is 3.67. The van der Waals surface area contributed by atoms with E-state index in [2.05, 4.69) is 4.74 Å². The van der Waals surface area contributed by atoms with Gasteiger partial charge in [0, 0.05) is 5.69 Å². The van der Waals surface area contributed by atoms with E-state index in [1.54, 1.807) is 0 Å². The number of halogens is 1. The molecule has 5 heteroatoms. The van der Waals surface area contributed by atoms with Gasteiger partial charge in [-0.3, -0.25) is 0 Å². The summed E-state index contributed by atoms with van der Waals surface area (Å²) in [6.07, 6.45) is 0. The Morgan fingerprint density at radius 2 is 2.29 bits per heavy atom. The SMILES string of the molecule is COC(=O)c1c(Cl)cc(N)cc1C#N. The third-order valence-corrected chi connectivity index (χ3v) is 1.92. The van der Waals surface area contributed by atoms with Gasteiger partial charge in [-0.2, -0.15) is 5.26 Å². The van der Waals surface area contributed by atoms with E-state index in [-0.39, 0.29) is 16.1 Å². The van der Waals surface area contributed by atoms with Gasteiger partial charge < -0.3 is 10.5 Å². The van der Waals surface area contributed by atoms with E-state index in [0.29, 0.717) is 5.69 Å². The standard InChI is InChI=1S/C9H7ClN2O2/c1-14-9(13)8-5(4-11)2-6(12)3-7(8)10/h2-3H,12H2,1H3. The molecule has 1 aromatic carbocycles. The molecule has 72 valence electrons. The van der Waals surface area contributed by atoms with Crippen molar-refractivity contribution in [2.24, 2.45) is 0 Å². The second kappa shape index (κ2) is 3.99. The first-order chi connectivity index (χ1) is 6.60. The van der Waals surface area contributed by atoms with Gasteiger partial charge in [-0.15, -0.1) is 0 Å². The van der Waals surface area contributed by atoms with Gasteiger partial charge in [-0.1, -0.05) is 11.6 Å². The van der Waals surface area contributed by atoms with Crippen molar-refractivity contribution >= 4 is 23.3 Å². The van der Waals surface area contributed by atoms with Crippen LogP contribution in [0, 0.1) is 11.3 Å². The van der Waals surface area contributed by atoms with Crippen LogP contribution < -0.4 is 5.73 Å². The second-order valence-electron chi connectivity index (χ2n) is 2.53. The van der Waals surface area contributed by atoms with Crippen LogP contribution in [0.3, 0.4) is 0 Å². The van der Waals surface area contributed by atoms with Gasteiger partial charge in [0.15, 0.2) is 0 Å². The highest BCUT2D eigenvalue weighted by molar-refractivity contribution is 6.34. The van der Waals surface area contributed by atoms with Crippen LogP contribution in [-0.4, -0.2) is 13.1 Å². The number of nitrogens with zero attached hydrogens (tertiary/aromatic N) is 1. The summed E-state index contributed by atoms with van der Waals surface area (Å²) in [6.45, 7) is 0. The first-order valence-corrected chi connectivity index (χ1v) is 4.05. The molecule has 0 spiro atoms. The van der Waals surface area contributed by atoms with Gasteiger partial charge in [0.2, 0.25) is 0 Å². The molecule has 0 aliphatic rings. The summed E-state index contributed by atoms with van der Waals surface area (Å²) >= 11 is 5.76. The van der Waals surface area contributed by atoms with Crippen molar-refractivity contribution in [1.29, 1.82) is 5.26 Å². The fourth-order valence-electron chi connectivity index (χ4n) is 1.03. The third-order valence-electron chi connectivity index (χ3n) is 1.62. The number of anilines is 1. The number of nitriles is 1. The number of carbonyl (C=O) groups excluding carboxylic acids is 1. The Labute approximate surface area is 85.8 Å². The van der Waals surface area contributed by atoms with E-state index >= 15 is 0 Å². The molecule has 2 N–H and O–H groups in total. The van der Waals surface area contributed by atoms with Gasteiger partial charge in [0.1, 0.15) is 6.07 Å². The predicted octanol–water partition coefficient (Wildman–Crippen LogP) is 1.58. The predicted molar refractivity (Wildman–Crippen MR) is 51.9 cm³/mol. The number of rotatable bonds is 1. The van der Waals surface area contributed by atoms with Gasteiger partial charge in [0.05, 0.1) is 23.3 Å². The zero-order chi connectivity index (χ0) is 10.7. The lowest BCUT2D eigenvalue weighted by molar-refractivity contribution is 0.0600. The molecule has 0 aliphatic carbocycles. The lowest BCUT2D eigenvalue weighted by Gasteiger charge is -2.05. The molecule has 0 saturated carbocycles.